The van der Waals surface area contributed by atoms with E-state index < -0.39 is 0 Å². The first-order valence-corrected chi connectivity index (χ1v) is 11.0. The number of nitrogens with one attached hydrogen (secondary N) is 1. The zero-order chi connectivity index (χ0) is 21.7. The van der Waals surface area contributed by atoms with Crippen molar-refractivity contribution in [2.24, 2.45) is 0 Å². The second kappa shape index (κ2) is 9.67. The molecule has 1 N–H and O–H groups in total. The number of carbonyl (C=O) groups is 1. The minimum atomic E-state index is -0.266. The van der Waals surface area contributed by atoms with E-state index in [-0.39, 0.29) is 17.5 Å². The Hall–Kier alpha value is -3.00. The average molecular weight is 405 g/mol. The number of hydrogen-bond acceptors (Lipinski definition) is 3. The van der Waals surface area contributed by atoms with Gasteiger partial charge in [-0.25, -0.2) is 0 Å². The summed E-state index contributed by atoms with van der Waals surface area (Å²) in [5.74, 6) is -0.266. The summed E-state index contributed by atoms with van der Waals surface area (Å²) < 4.78 is 2.17. The molecule has 0 unspecified atom stereocenters. The molecule has 1 aromatic carbocycles. The van der Waals surface area contributed by atoms with Crippen molar-refractivity contribution < 1.29 is 4.79 Å². The second-order valence-electron chi connectivity index (χ2n) is 7.98. The van der Waals surface area contributed by atoms with Crippen LogP contribution in [0.3, 0.4) is 0 Å². The third-order valence-electron chi connectivity index (χ3n) is 6.06. The molecule has 0 aliphatic heterocycles. The molecule has 1 saturated carbocycles. The first kappa shape index (κ1) is 21.7. The molecule has 0 spiro atoms. The maximum Gasteiger partial charge on any atom is 0.262 e. The number of hydrogen-bond donors (Lipinski definition) is 1. The van der Waals surface area contributed by atoms with Crippen molar-refractivity contribution in [3.8, 4) is 11.8 Å². The van der Waals surface area contributed by atoms with E-state index >= 15 is 0 Å². The van der Waals surface area contributed by atoms with Gasteiger partial charge in [0.2, 0.25) is 0 Å². The summed E-state index contributed by atoms with van der Waals surface area (Å²) in [5, 5.41) is 12.6. The molecular formula is C25H32N4O. The zero-order valence-electron chi connectivity index (χ0n) is 18.5. The highest BCUT2D eigenvalue weighted by Gasteiger charge is 2.20. The zero-order valence-corrected chi connectivity index (χ0v) is 18.5. The van der Waals surface area contributed by atoms with Crippen molar-refractivity contribution >= 4 is 17.7 Å². The van der Waals surface area contributed by atoms with Crippen LogP contribution in [0, 0.1) is 25.2 Å². The highest BCUT2D eigenvalue weighted by Crippen LogP contribution is 2.25. The number of anilines is 1. The summed E-state index contributed by atoms with van der Waals surface area (Å²) in [5.41, 5.74) is 5.45. The number of amides is 1. The number of aromatic nitrogens is 1. The summed E-state index contributed by atoms with van der Waals surface area (Å²) >= 11 is 0. The Bertz CT molecular complexity index is 952. The Balaban J connectivity index is 1.86. The Kier molecular flexibility index (Phi) is 6.99. The topological polar surface area (TPSA) is 61.1 Å². The van der Waals surface area contributed by atoms with Gasteiger partial charge in [0.1, 0.15) is 11.6 Å². The lowest BCUT2D eigenvalue weighted by Crippen LogP contribution is -2.33. The largest absolute Gasteiger partial charge is 0.372 e. The van der Waals surface area contributed by atoms with Gasteiger partial charge in [-0.15, -0.1) is 0 Å². The first-order chi connectivity index (χ1) is 14.5. The van der Waals surface area contributed by atoms with Crippen molar-refractivity contribution in [1.29, 1.82) is 5.26 Å². The molecule has 1 amide bonds. The van der Waals surface area contributed by atoms with Gasteiger partial charge >= 0.3 is 0 Å². The van der Waals surface area contributed by atoms with Gasteiger partial charge in [0.05, 0.1) is 0 Å². The van der Waals surface area contributed by atoms with E-state index in [1.54, 1.807) is 6.08 Å². The third-order valence-corrected chi connectivity index (χ3v) is 6.06. The molecule has 0 atom stereocenters. The highest BCUT2D eigenvalue weighted by atomic mass is 16.1. The first-order valence-electron chi connectivity index (χ1n) is 11.0. The number of rotatable bonds is 7. The van der Waals surface area contributed by atoms with Crippen molar-refractivity contribution in [2.75, 3.05) is 18.0 Å². The quantitative estimate of drug-likeness (QED) is 0.527. The molecular weight excluding hydrogens is 372 g/mol. The average Bonchev–Trinajstić information content (AvgIpc) is 3.35. The number of carbonyl (C=O) groups excluding carboxylic acids is 1. The molecule has 0 saturated heterocycles. The van der Waals surface area contributed by atoms with Crippen LogP contribution in [0.25, 0.3) is 11.8 Å². The molecule has 1 heterocycles. The van der Waals surface area contributed by atoms with E-state index in [1.807, 2.05) is 19.9 Å². The Morgan fingerprint density at radius 1 is 1.20 bits per heavy atom. The maximum atomic E-state index is 12.6. The highest BCUT2D eigenvalue weighted by molar-refractivity contribution is 6.02. The lowest BCUT2D eigenvalue weighted by atomic mass is 10.1. The van der Waals surface area contributed by atoms with Crippen molar-refractivity contribution in [1.82, 2.24) is 9.88 Å². The van der Waals surface area contributed by atoms with Gasteiger partial charge in [0.25, 0.3) is 5.91 Å². The van der Waals surface area contributed by atoms with Gasteiger partial charge in [-0.3, -0.25) is 4.79 Å². The fraction of sp³-hybridized carbons (Fsp3) is 0.440. The van der Waals surface area contributed by atoms with E-state index in [0.717, 1.165) is 61.4 Å². The fourth-order valence-electron chi connectivity index (χ4n) is 4.37. The van der Waals surface area contributed by atoms with Crippen molar-refractivity contribution in [2.45, 2.75) is 59.4 Å². The minimum absolute atomic E-state index is 0.166. The molecule has 0 bridgehead atoms. The number of nitriles is 1. The van der Waals surface area contributed by atoms with Crippen LogP contribution in [0.2, 0.25) is 0 Å². The molecule has 5 heteroatoms. The maximum absolute atomic E-state index is 12.6. The summed E-state index contributed by atoms with van der Waals surface area (Å²) in [6.45, 7) is 10.4. The van der Waals surface area contributed by atoms with Gasteiger partial charge in [0, 0.05) is 41.9 Å². The monoisotopic (exact) mass is 404 g/mol. The Morgan fingerprint density at radius 3 is 2.40 bits per heavy atom. The Morgan fingerprint density at radius 2 is 1.83 bits per heavy atom. The molecule has 1 aromatic heterocycles. The molecule has 2 aromatic rings. The predicted octanol–water partition coefficient (Wildman–Crippen LogP) is 4.91. The molecule has 5 nitrogen and oxygen atoms in total. The van der Waals surface area contributed by atoms with Gasteiger partial charge < -0.3 is 14.8 Å². The van der Waals surface area contributed by atoms with Gasteiger partial charge in [-0.2, -0.15) is 5.26 Å². The van der Waals surface area contributed by atoms with E-state index in [9.17, 15) is 10.1 Å². The molecule has 158 valence electrons. The van der Waals surface area contributed by atoms with E-state index in [0.29, 0.717) is 0 Å². The van der Waals surface area contributed by atoms with Crippen molar-refractivity contribution in [3.63, 3.8) is 0 Å². The standard InChI is InChI=1S/C25H32N4O/c1-5-28(6-2)23-11-13-24(14-12-23)29-18(3)15-20(19(29)4)16-21(17-26)25(30)27-22-9-7-8-10-22/h11-16,22H,5-10H2,1-4H3,(H,27,30)/b21-16-. The van der Waals surface area contributed by atoms with Crippen LogP contribution in [0.1, 0.15) is 56.5 Å². The summed E-state index contributed by atoms with van der Waals surface area (Å²) in [7, 11) is 0. The molecule has 1 aliphatic rings. The predicted molar refractivity (Wildman–Crippen MR) is 123 cm³/mol. The van der Waals surface area contributed by atoms with Gasteiger partial charge in [0.15, 0.2) is 0 Å². The summed E-state index contributed by atoms with van der Waals surface area (Å²) in [6, 6.07) is 12.9. The smallest absolute Gasteiger partial charge is 0.262 e. The van der Waals surface area contributed by atoms with Gasteiger partial charge in [-0.1, -0.05) is 12.8 Å². The number of benzene rings is 1. The van der Waals surface area contributed by atoms with Crippen LogP contribution >= 0.6 is 0 Å². The lowest BCUT2D eigenvalue weighted by molar-refractivity contribution is -0.117. The van der Waals surface area contributed by atoms with Gasteiger partial charge in [-0.05, 0) is 82.5 Å². The molecule has 1 fully saturated rings. The van der Waals surface area contributed by atoms with E-state index in [1.165, 1.54) is 5.69 Å². The molecule has 30 heavy (non-hydrogen) atoms. The Labute approximate surface area is 180 Å². The van der Waals surface area contributed by atoms with Crippen LogP contribution < -0.4 is 10.2 Å². The normalized spacial score (nSPS) is 14.6. The lowest BCUT2D eigenvalue weighted by Gasteiger charge is -2.21. The second-order valence-corrected chi connectivity index (χ2v) is 7.98. The molecule has 1 aliphatic carbocycles. The van der Waals surface area contributed by atoms with Crippen LogP contribution in [-0.4, -0.2) is 29.6 Å². The van der Waals surface area contributed by atoms with Crippen LogP contribution in [0.15, 0.2) is 35.9 Å². The minimum Gasteiger partial charge on any atom is -0.372 e. The van der Waals surface area contributed by atoms with Crippen LogP contribution in [0.4, 0.5) is 5.69 Å². The molecule has 0 radical (unpaired) electrons. The fourth-order valence-corrected chi connectivity index (χ4v) is 4.37. The number of aryl methyl sites for hydroxylation is 1. The van der Waals surface area contributed by atoms with E-state index in [2.05, 4.69) is 59.0 Å². The summed E-state index contributed by atoms with van der Waals surface area (Å²) in [6.07, 6.45) is 6.01. The van der Waals surface area contributed by atoms with Crippen molar-refractivity contribution in [3.05, 3.63) is 52.9 Å². The van der Waals surface area contributed by atoms with Crippen LogP contribution in [-0.2, 0) is 4.79 Å². The molecule has 3 rings (SSSR count). The SMILES string of the molecule is CCN(CC)c1ccc(-n2c(C)cc(/C=C(/C#N)C(=O)NC3CCCC3)c2C)cc1. The third kappa shape index (κ3) is 4.59. The summed E-state index contributed by atoms with van der Waals surface area (Å²) in [4.78, 5) is 14.9. The van der Waals surface area contributed by atoms with Crippen LogP contribution in [0.5, 0.6) is 0 Å². The van der Waals surface area contributed by atoms with E-state index in [4.69, 9.17) is 0 Å². The number of nitrogens with zero attached hydrogens (tertiary/aromatic N) is 3.